The molecule has 64 valence electrons. The van der Waals surface area contributed by atoms with Crippen molar-refractivity contribution < 1.29 is 9.13 Å². The minimum Gasteiger partial charge on any atom is -0.486 e. The van der Waals surface area contributed by atoms with Gasteiger partial charge >= 0.3 is 0 Å². The number of aromatic nitrogens is 1. The fourth-order valence-electron chi connectivity index (χ4n) is 0.891. The van der Waals surface area contributed by atoms with Gasteiger partial charge in [0.15, 0.2) is 11.6 Å². The molecular formula is C8H9FN2O. The van der Waals surface area contributed by atoms with Gasteiger partial charge in [0.2, 0.25) is 0 Å². The first-order valence-corrected chi connectivity index (χ1v) is 3.83. The highest BCUT2D eigenvalue weighted by Crippen LogP contribution is 2.29. The maximum absolute atomic E-state index is 12.6. The minimum atomic E-state index is -0.417. The summed E-state index contributed by atoms with van der Waals surface area (Å²) >= 11 is 0. The van der Waals surface area contributed by atoms with E-state index in [4.69, 9.17) is 10.5 Å². The smallest absolute Gasteiger partial charge is 0.166 e. The lowest BCUT2D eigenvalue weighted by Crippen LogP contribution is -2.01. The van der Waals surface area contributed by atoms with Crippen LogP contribution in [0.3, 0.4) is 0 Å². The zero-order chi connectivity index (χ0) is 8.55. The SMILES string of the molecule is Nc1ncc(F)cc1OC1CC1. The summed E-state index contributed by atoms with van der Waals surface area (Å²) in [5.41, 5.74) is 5.46. The number of hydrogen-bond donors (Lipinski definition) is 1. The van der Waals surface area contributed by atoms with Gasteiger partial charge in [-0.05, 0) is 12.8 Å². The predicted molar refractivity (Wildman–Crippen MR) is 42.3 cm³/mol. The second-order valence-corrected chi connectivity index (χ2v) is 2.85. The van der Waals surface area contributed by atoms with Crippen LogP contribution in [0, 0.1) is 5.82 Å². The van der Waals surface area contributed by atoms with Crippen molar-refractivity contribution in [2.45, 2.75) is 18.9 Å². The second kappa shape index (κ2) is 2.62. The molecule has 1 aliphatic rings. The summed E-state index contributed by atoms with van der Waals surface area (Å²) in [5, 5.41) is 0. The van der Waals surface area contributed by atoms with Crippen molar-refractivity contribution in [3.63, 3.8) is 0 Å². The van der Waals surface area contributed by atoms with Crippen LogP contribution in [0.2, 0.25) is 0 Å². The fourth-order valence-corrected chi connectivity index (χ4v) is 0.891. The fraction of sp³-hybridized carbons (Fsp3) is 0.375. The van der Waals surface area contributed by atoms with Crippen LogP contribution in [0.1, 0.15) is 12.8 Å². The van der Waals surface area contributed by atoms with E-state index in [2.05, 4.69) is 4.98 Å². The van der Waals surface area contributed by atoms with E-state index in [1.807, 2.05) is 0 Å². The van der Waals surface area contributed by atoms with Crippen LogP contribution >= 0.6 is 0 Å². The Labute approximate surface area is 69.4 Å². The minimum absolute atomic E-state index is 0.218. The predicted octanol–water partition coefficient (Wildman–Crippen LogP) is 1.34. The molecule has 0 spiro atoms. The average Bonchev–Trinajstić information content (AvgIpc) is 2.81. The zero-order valence-corrected chi connectivity index (χ0v) is 6.46. The molecule has 2 N–H and O–H groups in total. The number of anilines is 1. The molecule has 1 fully saturated rings. The highest BCUT2D eigenvalue weighted by atomic mass is 19.1. The van der Waals surface area contributed by atoms with Crippen molar-refractivity contribution in [1.82, 2.24) is 4.98 Å². The van der Waals surface area contributed by atoms with E-state index in [1.54, 1.807) is 0 Å². The first-order valence-electron chi connectivity index (χ1n) is 3.83. The largest absolute Gasteiger partial charge is 0.486 e. The van der Waals surface area contributed by atoms with Crippen molar-refractivity contribution in [3.05, 3.63) is 18.1 Å². The highest BCUT2D eigenvalue weighted by Gasteiger charge is 2.24. The Morgan fingerprint density at radius 3 is 3.00 bits per heavy atom. The van der Waals surface area contributed by atoms with Gasteiger partial charge in [-0.2, -0.15) is 0 Å². The third-order valence-electron chi connectivity index (χ3n) is 1.67. The molecule has 3 nitrogen and oxygen atoms in total. The summed E-state index contributed by atoms with van der Waals surface area (Å²) in [6.07, 6.45) is 3.34. The molecule has 0 aromatic carbocycles. The normalized spacial score (nSPS) is 16.1. The Balaban J connectivity index is 2.21. The third-order valence-corrected chi connectivity index (χ3v) is 1.67. The highest BCUT2D eigenvalue weighted by molar-refractivity contribution is 5.45. The molecule has 1 aliphatic carbocycles. The molecule has 1 heterocycles. The van der Waals surface area contributed by atoms with Crippen molar-refractivity contribution in [2.24, 2.45) is 0 Å². The maximum atomic E-state index is 12.6. The van der Waals surface area contributed by atoms with E-state index in [0.717, 1.165) is 19.0 Å². The lowest BCUT2D eigenvalue weighted by atomic mass is 10.4. The lowest BCUT2D eigenvalue weighted by Gasteiger charge is -2.05. The quantitative estimate of drug-likeness (QED) is 0.725. The van der Waals surface area contributed by atoms with Gasteiger partial charge in [0.1, 0.15) is 5.82 Å². The molecule has 0 amide bonds. The Morgan fingerprint density at radius 2 is 2.33 bits per heavy atom. The molecule has 0 bridgehead atoms. The van der Waals surface area contributed by atoms with Crippen LogP contribution in [0.15, 0.2) is 12.3 Å². The van der Waals surface area contributed by atoms with Gasteiger partial charge < -0.3 is 10.5 Å². The Bertz CT molecular complexity index is 299. The second-order valence-electron chi connectivity index (χ2n) is 2.85. The first-order chi connectivity index (χ1) is 5.75. The van der Waals surface area contributed by atoms with E-state index in [-0.39, 0.29) is 11.9 Å². The number of ether oxygens (including phenoxy) is 1. The standard InChI is InChI=1S/C8H9FN2O/c9-5-3-7(8(10)11-4-5)12-6-1-2-6/h3-4,6H,1-2H2,(H2,10,11). The lowest BCUT2D eigenvalue weighted by molar-refractivity contribution is 0.302. The number of nitrogens with zero attached hydrogens (tertiary/aromatic N) is 1. The molecule has 1 aromatic heterocycles. The molecule has 12 heavy (non-hydrogen) atoms. The average molecular weight is 168 g/mol. The van der Waals surface area contributed by atoms with E-state index >= 15 is 0 Å². The van der Waals surface area contributed by atoms with E-state index in [0.29, 0.717) is 5.75 Å². The van der Waals surface area contributed by atoms with Crippen LogP contribution in [-0.4, -0.2) is 11.1 Å². The van der Waals surface area contributed by atoms with Crippen LogP contribution in [0.25, 0.3) is 0 Å². The van der Waals surface area contributed by atoms with Crippen molar-refractivity contribution in [3.8, 4) is 5.75 Å². The molecular weight excluding hydrogens is 159 g/mol. The summed E-state index contributed by atoms with van der Waals surface area (Å²) < 4.78 is 17.9. The van der Waals surface area contributed by atoms with E-state index in [9.17, 15) is 4.39 Å². The number of nitrogen functional groups attached to an aromatic ring is 1. The number of rotatable bonds is 2. The summed E-state index contributed by atoms with van der Waals surface area (Å²) in [6.45, 7) is 0. The number of nitrogens with two attached hydrogens (primary N) is 1. The Morgan fingerprint density at radius 1 is 1.58 bits per heavy atom. The third kappa shape index (κ3) is 1.47. The van der Waals surface area contributed by atoms with Gasteiger partial charge in [-0.15, -0.1) is 0 Å². The number of pyridine rings is 1. The molecule has 4 heteroatoms. The van der Waals surface area contributed by atoms with Gasteiger partial charge in [0.25, 0.3) is 0 Å². The van der Waals surface area contributed by atoms with Gasteiger partial charge in [-0.3, -0.25) is 0 Å². The van der Waals surface area contributed by atoms with Crippen molar-refractivity contribution in [1.29, 1.82) is 0 Å². The summed E-state index contributed by atoms with van der Waals surface area (Å²) in [7, 11) is 0. The van der Waals surface area contributed by atoms with E-state index in [1.165, 1.54) is 6.07 Å². The molecule has 2 rings (SSSR count). The van der Waals surface area contributed by atoms with Gasteiger partial charge in [-0.25, -0.2) is 9.37 Å². The monoisotopic (exact) mass is 168 g/mol. The summed E-state index contributed by atoms with van der Waals surface area (Å²) in [4.78, 5) is 3.64. The molecule has 0 atom stereocenters. The van der Waals surface area contributed by atoms with Crippen LogP contribution in [0.5, 0.6) is 5.75 Å². The summed E-state index contributed by atoms with van der Waals surface area (Å²) in [6, 6.07) is 1.26. The molecule has 0 aliphatic heterocycles. The van der Waals surface area contributed by atoms with Crippen molar-refractivity contribution in [2.75, 3.05) is 5.73 Å². The van der Waals surface area contributed by atoms with Gasteiger partial charge in [0.05, 0.1) is 12.3 Å². The van der Waals surface area contributed by atoms with Crippen LogP contribution in [-0.2, 0) is 0 Å². The molecule has 0 unspecified atom stereocenters. The van der Waals surface area contributed by atoms with Crippen LogP contribution in [0.4, 0.5) is 10.2 Å². The Kier molecular flexibility index (Phi) is 1.60. The van der Waals surface area contributed by atoms with Crippen molar-refractivity contribution >= 4 is 5.82 Å². The maximum Gasteiger partial charge on any atom is 0.166 e. The van der Waals surface area contributed by atoms with Gasteiger partial charge in [0, 0.05) is 6.07 Å². The van der Waals surface area contributed by atoms with E-state index < -0.39 is 5.82 Å². The first kappa shape index (κ1) is 7.34. The molecule has 0 saturated heterocycles. The molecule has 1 saturated carbocycles. The number of hydrogen-bond acceptors (Lipinski definition) is 3. The van der Waals surface area contributed by atoms with Gasteiger partial charge in [-0.1, -0.05) is 0 Å². The molecule has 1 aromatic rings. The topological polar surface area (TPSA) is 48.1 Å². The zero-order valence-electron chi connectivity index (χ0n) is 6.46. The summed E-state index contributed by atoms with van der Waals surface area (Å²) in [5.74, 6) is 0.195. The Hall–Kier alpha value is -1.32. The molecule has 0 radical (unpaired) electrons. The number of halogens is 1. The van der Waals surface area contributed by atoms with Crippen LogP contribution < -0.4 is 10.5 Å².